The van der Waals surface area contributed by atoms with E-state index in [1.165, 1.54) is 28.8 Å². The van der Waals surface area contributed by atoms with Crippen LogP contribution in [0.25, 0.3) is 16.8 Å². The molecule has 2 aromatic carbocycles. The standard InChI is InChI=1S/C23H20ClF2N5O2/c1-12-2-7-16(14-8-9-31-18(10-14)29-23(27)30-31)20(26)19(12)22(33)28-11-17(25)21(32)13-3-5-15(24)6-4-13/h2-10,17,21,32H,11H2,1H3,(H2,27,30)(H,28,33)/t17-,21+/m0/s1. The molecule has 0 radical (unpaired) electrons. The summed E-state index contributed by atoms with van der Waals surface area (Å²) in [5.41, 5.74) is 7.16. The number of carbonyl (C=O) groups excluding carboxylic acids is 1. The summed E-state index contributed by atoms with van der Waals surface area (Å²) in [6, 6.07) is 12.4. The van der Waals surface area contributed by atoms with Crippen LogP contribution in [-0.4, -0.2) is 38.3 Å². The minimum absolute atomic E-state index is 0.0816. The molecule has 170 valence electrons. The third-order valence-corrected chi connectivity index (χ3v) is 5.51. The number of carbonyl (C=O) groups is 1. The van der Waals surface area contributed by atoms with Crippen molar-refractivity contribution in [3.05, 3.63) is 82.3 Å². The van der Waals surface area contributed by atoms with E-state index < -0.39 is 30.5 Å². The van der Waals surface area contributed by atoms with Gasteiger partial charge in [-0.25, -0.2) is 13.3 Å². The molecule has 33 heavy (non-hydrogen) atoms. The summed E-state index contributed by atoms with van der Waals surface area (Å²) in [5, 5.41) is 17.0. The maximum atomic E-state index is 15.4. The maximum Gasteiger partial charge on any atom is 0.254 e. The van der Waals surface area contributed by atoms with Crippen molar-refractivity contribution in [1.82, 2.24) is 19.9 Å². The number of nitrogens with two attached hydrogens (primary N) is 1. The summed E-state index contributed by atoms with van der Waals surface area (Å²) >= 11 is 5.80. The number of fused-ring (bicyclic) bond motifs is 1. The molecule has 0 saturated heterocycles. The average molecular weight is 472 g/mol. The average Bonchev–Trinajstić information content (AvgIpc) is 3.16. The van der Waals surface area contributed by atoms with Gasteiger partial charge < -0.3 is 16.2 Å². The Morgan fingerprint density at radius 2 is 1.97 bits per heavy atom. The molecule has 0 bridgehead atoms. The van der Waals surface area contributed by atoms with Crippen molar-refractivity contribution in [1.29, 1.82) is 0 Å². The second kappa shape index (κ2) is 9.13. The number of pyridine rings is 1. The zero-order valence-electron chi connectivity index (χ0n) is 17.5. The molecular weight excluding hydrogens is 452 g/mol. The van der Waals surface area contributed by atoms with E-state index in [9.17, 15) is 14.3 Å². The molecular formula is C23H20ClF2N5O2. The number of nitrogens with one attached hydrogen (secondary N) is 1. The second-order valence-electron chi connectivity index (χ2n) is 7.53. The number of halogens is 3. The first-order valence-corrected chi connectivity index (χ1v) is 10.4. The van der Waals surface area contributed by atoms with E-state index in [4.69, 9.17) is 17.3 Å². The molecule has 4 rings (SSSR count). The van der Waals surface area contributed by atoms with Crippen molar-refractivity contribution in [2.75, 3.05) is 12.3 Å². The van der Waals surface area contributed by atoms with E-state index in [1.807, 2.05) is 0 Å². The minimum Gasteiger partial charge on any atom is -0.385 e. The maximum absolute atomic E-state index is 15.4. The third kappa shape index (κ3) is 4.64. The summed E-state index contributed by atoms with van der Waals surface area (Å²) in [7, 11) is 0. The molecule has 2 aromatic heterocycles. The monoisotopic (exact) mass is 471 g/mol. The predicted octanol–water partition coefficient (Wildman–Crippen LogP) is 3.88. The van der Waals surface area contributed by atoms with Crippen LogP contribution in [0, 0.1) is 12.7 Å². The number of aliphatic hydroxyl groups is 1. The van der Waals surface area contributed by atoms with Gasteiger partial charge in [-0.15, -0.1) is 5.10 Å². The number of nitrogens with zero attached hydrogens (tertiary/aromatic N) is 3. The Balaban J connectivity index is 1.54. The van der Waals surface area contributed by atoms with Gasteiger partial charge in [-0.1, -0.05) is 35.9 Å². The van der Waals surface area contributed by atoms with Crippen molar-refractivity contribution in [3.8, 4) is 11.1 Å². The van der Waals surface area contributed by atoms with Crippen LogP contribution in [0.3, 0.4) is 0 Å². The van der Waals surface area contributed by atoms with Crippen LogP contribution in [0.2, 0.25) is 5.02 Å². The second-order valence-corrected chi connectivity index (χ2v) is 7.97. The highest BCUT2D eigenvalue weighted by atomic mass is 35.5. The zero-order valence-corrected chi connectivity index (χ0v) is 18.2. The number of hydrogen-bond donors (Lipinski definition) is 3. The molecule has 0 aliphatic heterocycles. The number of alkyl halides is 1. The van der Waals surface area contributed by atoms with Gasteiger partial charge in [0, 0.05) is 16.8 Å². The van der Waals surface area contributed by atoms with Crippen LogP contribution >= 0.6 is 11.6 Å². The van der Waals surface area contributed by atoms with E-state index >= 15 is 4.39 Å². The lowest BCUT2D eigenvalue weighted by molar-refractivity contribution is 0.0714. The largest absolute Gasteiger partial charge is 0.385 e. The Morgan fingerprint density at radius 3 is 2.70 bits per heavy atom. The first-order chi connectivity index (χ1) is 15.7. The van der Waals surface area contributed by atoms with Crippen LogP contribution < -0.4 is 11.1 Å². The molecule has 0 unspecified atom stereocenters. The summed E-state index contributed by atoms with van der Waals surface area (Å²) in [6.07, 6.45) is -1.69. The van der Waals surface area contributed by atoms with Gasteiger partial charge in [0.1, 0.15) is 18.1 Å². The number of hydrogen-bond acceptors (Lipinski definition) is 5. The van der Waals surface area contributed by atoms with Crippen LogP contribution in [0.15, 0.2) is 54.7 Å². The Hall–Kier alpha value is -3.56. The number of rotatable bonds is 6. The first kappa shape index (κ1) is 22.6. The molecule has 2 heterocycles. The van der Waals surface area contributed by atoms with Gasteiger partial charge in [-0.05, 0) is 47.9 Å². The highest BCUT2D eigenvalue weighted by molar-refractivity contribution is 6.30. The van der Waals surface area contributed by atoms with Crippen molar-refractivity contribution in [3.63, 3.8) is 0 Å². The fourth-order valence-electron chi connectivity index (χ4n) is 3.50. The van der Waals surface area contributed by atoms with E-state index in [0.717, 1.165) is 0 Å². The van der Waals surface area contributed by atoms with Crippen molar-refractivity contribution < 1.29 is 18.7 Å². The number of aryl methyl sites for hydroxylation is 1. The molecule has 2 atom stereocenters. The van der Waals surface area contributed by atoms with Gasteiger partial charge in [0.25, 0.3) is 5.91 Å². The molecule has 4 aromatic rings. The highest BCUT2D eigenvalue weighted by Crippen LogP contribution is 2.28. The minimum atomic E-state index is -1.80. The zero-order chi connectivity index (χ0) is 23.7. The van der Waals surface area contributed by atoms with Gasteiger partial charge in [-0.3, -0.25) is 4.79 Å². The molecule has 0 saturated carbocycles. The lowest BCUT2D eigenvalue weighted by Crippen LogP contribution is -2.34. The number of aromatic nitrogens is 3. The summed E-state index contributed by atoms with van der Waals surface area (Å²) < 4.78 is 31.4. The Morgan fingerprint density at radius 1 is 1.24 bits per heavy atom. The quantitative estimate of drug-likeness (QED) is 0.396. The Bertz CT molecular complexity index is 1330. The Kier molecular flexibility index (Phi) is 6.26. The number of benzene rings is 2. The summed E-state index contributed by atoms with van der Waals surface area (Å²) in [5.74, 6) is -1.46. The molecule has 0 fully saturated rings. The van der Waals surface area contributed by atoms with Crippen molar-refractivity contribution in [2.45, 2.75) is 19.2 Å². The SMILES string of the molecule is Cc1ccc(-c2ccn3nc(N)nc3c2)c(F)c1C(=O)NC[C@H](F)[C@H](O)c1ccc(Cl)cc1. The van der Waals surface area contributed by atoms with Crippen LogP contribution in [0.1, 0.15) is 27.6 Å². The Labute approximate surface area is 192 Å². The van der Waals surface area contributed by atoms with Crippen LogP contribution in [0.5, 0.6) is 0 Å². The van der Waals surface area contributed by atoms with E-state index in [-0.39, 0.29) is 17.1 Å². The lowest BCUT2D eigenvalue weighted by Gasteiger charge is -2.18. The first-order valence-electron chi connectivity index (χ1n) is 10.0. The van der Waals surface area contributed by atoms with Crippen LogP contribution in [-0.2, 0) is 0 Å². The molecule has 7 nitrogen and oxygen atoms in total. The molecule has 10 heteroatoms. The van der Waals surface area contributed by atoms with Gasteiger partial charge in [0.15, 0.2) is 5.65 Å². The van der Waals surface area contributed by atoms with Gasteiger partial charge in [0.2, 0.25) is 5.95 Å². The number of amides is 1. The van der Waals surface area contributed by atoms with Crippen molar-refractivity contribution >= 4 is 29.1 Å². The number of anilines is 1. The van der Waals surface area contributed by atoms with Gasteiger partial charge in [0.05, 0.1) is 12.1 Å². The molecule has 0 aliphatic carbocycles. The molecule has 4 N–H and O–H groups in total. The number of aliphatic hydroxyl groups excluding tert-OH is 1. The fourth-order valence-corrected chi connectivity index (χ4v) is 3.63. The smallest absolute Gasteiger partial charge is 0.254 e. The van der Waals surface area contributed by atoms with E-state index in [1.54, 1.807) is 37.4 Å². The van der Waals surface area contributed by atoms with Gasteiger partial charge >= 0.3 is 0 Å². The van der Waals surface area contributed by atoms with Gasteiger partial charge in [-0.2, -0.15) is 4.98 Å². The van der Waals surface area contributed by atoms with Crippen LogP contribution in [0.4, 0.5) is 14.7 Å². The number of nitrogen functional groups attached to an aromatic ring is 1. The third-order valence-electron chi connectivity index (χ3n) is 5.25. The lowest BCUT2D eigenvalue weighted by atomic mass is 9.98. The van der Waals surface area contributed by atoms with E-state index in [2.05, 4.69) is 15.4 Å². The molecule has 0 aliphatic rings. The normalized spacial score (nSPS) is 13.1. The summed E-state index contributed by atoms with van der Waals surface area (Å²) in [4.78, 5) is 16.8. The molecule has 0 spiro atoms. The van der Waals surface area contributed by atoms with E-state index in [0.29, 0.717) is 27.4 Å². The topological polar surface area (TPSA) is 106 Å². The predicted molar refractivity (Wildman–Crippen MR) is 121 cm³/mol. The molecule has 1 amide bonds. The highest BCUT2D eigenvalue weighted by Gasteiger charge is 2.24. The summed E-state index contributed by atoms with van der Waals surface area (Å²) in [6.45, 7) is 1.08. The fraction of sp³-hybridized carbons (Fsp3) is 0.174. The van der Waals surface area contributed by atoms with Crippen molar-refractivity contribution in [2.24, 2.45) is 0 Å².